The molecule has 0 bridgehead atoms. The molecule has 3 rings (SSSR count). The van der Waals surface area contributed by atoms with Crippen molar-refractivity contribution in [2.75, 3.05) is 18.9 Å². The number of anilines is 1. The second-order valence-corrected chi connectivity index (χ2v) is 10.9. The van der Waals surface area contributed by atoms with Crippen LogP contribution < -0.4 is 21.0 Å². The molecule has 4 N–H and O–H groups in total. The van der Waals surface area contributed by atoms with Gasteiger partial charge in [-0.05, 0) is 45.9 Å². The average Bonchev–Trinajstić information content (AvgIpc) is 3.03. The number of rotatable bonds is 11. The largest absolute Gasteiger partial charge is 0.462 e. The lowest BCUT2D eigenvalue weighted by molar-refractivity contribution is -0.154. The lowest BCUT2D eigenvalue weighted by Crippen LogP contribution is -2.48. The quantitative estimate of drug-likeness (QED) is 0.273. The monoisotopic (exact) mass is 560 g/mol. The maximum absolute atomic E-state index is 15.5. The fourth-order valence-electron chi connectivity index (χ4n) is 3.66. The number of aromatic nitrogens is 2. The predicted octanol–water partition coefficient (Wildman–Crippen LogP) is 2.49. The van der Waals surface area contributed by atoms with E-state index in [2.05, 4.69) is 10.1 Å². The Labute approximate surface area is 217 Å². The summed E-state index contributed by atoms with van der Waals surface area (Å²) in [5.74, 6) is -4.62. The number of aliphatic hydroxyl groups is 1. The van der Waals surface area contributed by atoms with Crippen LogP contribution >= 0.6 is 7.75 Å². The van der Waals surface area contributed by atoms with Gasteiger partial charge in [-0.2, -0.15) is 10.1 Å². The molecular weight excluding hydrogens is 529 g/mol. The first-order chi connectivity index (χ1) is 17.7. The van der Waals surface area contributed by atoms with Crippen molar-refractivity contribution < 1.29 is 41.8 Å². The predicted molar refractivity (Wildman–Crippen MR) is 131 cm³/mol. The van der Waals surface area contributed by atoms with Crippen molar-refractivity contribution in [2.24, 2.45) is 5.41 Å². The molecule has 1 aromatic heterocycles. The molecule has 1 aliphatic heterocycles. The lowest BCUT2D eigenvalue weighted by atomic mass is 9.80. The Morgan fingerprint density at radius 1 is 1.29 bits per heavy atom. The van der Waals surface area contributed by atoms with Crippen LogP contribution in [0.4, 0.5) is 14.6 Å². The minimum Gasteiger partial charge on any atom is -0.462 e. The van der Waals surface area contributed by atoms with Crippen molar-refractivity contribution in [3.05, 3.63) is 53.1 Å². The molecule has 5 atom stereocenters. The molecule has 1 fully saturated rings. The number of carbonyl (C=O) groups excluding carboxylic acids is 1. The summed E-state index contributed by atoms with van der Waals surface area (Å²) >= 11 is 0. The highest BCUT2D eigenvalue weighted by molar-refractivity contribution is 7.52. The number of alkyl halides is 2. The van der Waals surface area contributed by atoms with E-state index in [9.17, 15) is 19.3 Å². The molecule has 1 saturated heterocycles. The van der Waals surface area contributed by atoms with Crippen LogP contribution in [0.1, 0.15) is 33.9 Å². The van der Waals surface area contributed by atoms with E-state index in [-0.39, 0.29) is 11.6 Å². The highest BCUT2D eigenvalue weighted by Gasteiger charge is 2.68. The normalized spacial score (nSPS) is 25.1. The third kappa shape index (κ3) is 6.21. The van der Waals surface area contributed by atoms with Gasteiger partial charge in [0.1, 0.15) is 17.6 Å². The summed E-state index contributed by atoms with van der Waals surface area (Å²) in [4.78, 5) is 28.0. The number of nitrogens with one attached hydrogen (secondary N) is 1. The van der Waals surface area contributed by atoms with Crippen LogP contribution in [0.3, 0.4) is 0 Å². The number of nitrogens with zero attached hydrogens (tertiary/aromatic N) is 2. The number of carbonyl (C=O) groups is 1. The number of benzene rings is 1. The standard InChI is InChI=1S/C23H31F2N4O8P/c1-14(2)35-19(31)15(3)28-38(33,37-16-8-6-5-7-9-16)34-12-17-22(4,13-30)23(24,25)20(36-17)29-11-10-18(26)27-21(29)32/h5-11,14-15,17,20,30H,12-13H2,1-4H3,(H,28,33)(H2,26,27,32)/t15-,17+,20+,22?,38?/m0/s1. The molecule has 0 amide bonds. The third-order valence-corrected chi connectivity index (χ3v) is 7.57. The van der Waals surface area contributed by atoms with E-state index < -0.39 is 68.4 Å². The number of nitrogens with two attached hydrogens (primary N) is 1. The number of ether oxygens (including phenoxy) is 2. The maximum Gasteiger partial charge on any atom is 0.459 e. The van der Waals surface area contributed by atoms with Gasteiger partial charge in [0.05, 0.1) is 30.8 Å². The Hall–Kier alpha value is -2.90. The van der Waals surface area contributed by atoms with Crippen molar-refractivity contribution in [1.29, 1.82) is 0 Å². The smallest absolute Gasteiger partial charge is 0.459 e. The molecule has 2 aromatic rings. The van der Waals surface area contributed by atoms with Crippen LogP contribution in [0.25, 0.3) is 0 Å². The fourth-order valence-corrected chi connectivity index (χ4v) is 5.15. The first kappa shape index (κ1) is 29.7. The van der Waals surface area contributed by atoms with Crippen molar-refractivity contribution in [3.8, 4) is 5.75 Å². The molecule has 12 nitrogen and oxygen atoms in total. The van der Waals surface area contributed by atoms with E-state index in [1.165, 1.54) is 19.1 Å². The number of halogens is 2. The summed E-state index contributed by atoms with van der Waals surface area (Å²) in [5.41, 5.74) is 2.08. The zero-order chi connectivity index (χ0) is 28.3. The van der Waals surface area contributed by atoms with Crippen LogP contribution in [-0.2, 0) is 23.4 Å². The molecule has 0 saturated carbocycles. The van der Waals surface area contributed by atoms with Crippen molar-refractivity contribution in [2.45, 2.75) is 58.1 Å². The third-order valence-electron chi connectivity index (χ3n) is 5.93. The summed E-state index contributed by atoms with van der Waals surface area (Å²) < 4.78 is 66.9. The number of para-hydroxylation sites is 1. The Bertz CT molecular complexity index is 1230. The number of hydrogen-bond acceptors (Lipinski definition) is 10. The molecule has 1 aromatic carbocycles. The van der Waals surface area contributed by atoms with E-state index in [1.54, 1.807) is 32.0 Å². The Kier molecular flexibility index (Phi) is 8.94. The maximum atomic E-state index is 15.5. The summed E-state index contributed by atoms with van der Waals surface area (Å²) in [7, 11) is -4.42. The Balaban J connectivity index is 1.88. The number of nitrogen functional groups attached to an aromatic ring is 1. The van der Waals surface area contributed by atoms with Gasteiger partial charge in [-0.3, -0.25) is 13.9 Å². The molecule has 15 heteroatoms. The highest BCUT2D eigenvalue weighted by atomic mass is 31.2. The van der Waals surface area contributed by atoms with Crippen LogP contribution in [0.5, 0.6) is 5.75 Å². The first-order valence-corrected chi connectivity index (χ1v) is 13.2. The number of hydrogen-bond donors (Lipinski definition) is 3. The SMILES string of the molecule is CC(C)OC(=O)[C@H](C)NP(=O)(OC[C@H]1O[C@@H](n2ccc(N)nc2=O)C(F)(F)C1(C)CO)Oc1ccccc1. The second kappa shape index (κ2) is 11.5. The summed E-state index contributed by atoms with van der Waals surface area (Å²) in [5, 5.41) is 12.4. The zero-order valence-corrected chi connectivity index (χ0v) is 22.1. The average molecular weight is 560 g/mol. The van der Waals surface area contributed by atoms with Gasteiger partial charge >= 0.3 is 25.3 Å². The van der Waals surface area contributed by atoms with Gasteiger partial charge in [0, 0.05) is 6.20 Å². The van der Waals surface area contributed by atoms with Gasteiger partial charge in [-0.15, -0.1) is 0 Å². The molecule has 0 spiro atoms. The van der Waals surface area contributed by atoms with E-state index >= 15 is 8.78 Å². The van der Waals surface area contributed by atoms with Gasteiger partial charge < -0.3 is 24.8 Å². The van der Waals surface area contributed by atoms with Gasteiger partial charge in [0.2, 0.25) is 6.23 Å². The summed E-state index contributed by atoms with van der Waals surface area (Å²) in [6, 6.07) is 7.81. The molecule has 0 radical (unpaired) electrons. The topological polar surface area (TPSA) is 164 Å². The first-order valence-electron chi connectivity index (χ1n) is 11.7. The molecule has 2 unspecified atom stereocenters. The fraction of sp³-hybridized carbons (Fsp3) is 0.522. The Morgan fingerprint density at radius 3 is 2.53 bits per heavy atom. The van der Waals surface area contributed by atoms with Crippen molar-refractivity contribution >= 4 is 19.5 Å². The molecule has 2 heterocycles. The van der Waals surface area contributed by atoms with Crippen molar-refractivity contribution in [3.63, 3.8) is 0 Å². The van der Waals surface area contributed by atoms with Gasteiger partial charge in [0.25, 0.3) is 0 Å². The van der Waals surface area contributed by atoms with Crippen molar-refractivity contribution in [1.82, 2.24) is 14.6 Å². The minimum atomic E-state index is -4.42. The molecule has 38 heavy (non-hydrogen) atoms. The number of aliphatic hydroxyl groups excluding tert-OH is 1. The van der Waals surface area contributed by atoms with E-state index in [0.29, 0.717) is 4.57 Å². The van der Waals surface area contributed by atoms with Gasteiger partial charge in [-0.25, -0.2) is 18.1 Å². The molecule has 1 aliphatic rings. The van der Waals surface area contributed by atoms with Gasteiger partial charge in [-0.1, -0.05) is 18.2 Å². The summed E-state index contributed by atoms with van der Waals surface area (Å²) in [6.07, 6.45) is -3.21. The van der Waals surface area contributed by atoms with Crippen LogP contribution in [0.15, 0.2) is 47.4 Å². The molecular formula is C23H31F2N4O8P. The highest BCUT2D eigenvalue weighted by Crippen LogP contribution is 2.56. The molecule has 0 aliphatic carbocycles. The second-order valence-electron chi connectivity index (χ2n) is 9.25. The zero-order valence-electron chi connectivity index (χ0n) is 21.2. The van der Waals surface area contributed by atoms with Crippen LogP contribution in [0.2, 0.25) is 0 Å². The summed E-state index contributed by atoms with van der Waals surface area (Å²) in [6.45, 7) is 3.82. The molecule has 210 valence electrons. The lowest BCUT2D eigenvalue weighted by Gasteiger charge is -2.33. The minimum absolute atomic E-state index is 0.104. The Morgan fingerprint density at radius 2 is 1.95 bits per heavy atom. The van der Waals surface area contributed by atoms with Crippen LogP contribution in [-0.4, -0.2) is 58.0 Å². The number of esters is 1. The van der Waals surface area contributed by atoms with E-state index in [0.717, 1.165) is 19.2 Å². The van der Waals surface area contributed by atoms with E-state index in [1.807, 2.05) is 0 Å². The van der Waals surface area contributed by atoms with Gasteiger partial charge in [0.15, 0.2) is 0 Å². The van der Waals surface area contributed by atoms with E-state index in [4.69, 9.17) is 24.3 Å². The van der Waals surface area contributed by atoms with Crippen LogP contribution in [0, 0.1) is 5.41 Å².